The monoisotopic (exact) mass is 751 g/mol. The Balaban J connectivity index is 1.14. The summed E-state index contributed by atoms with van der Waals surface area (Å²) in [6, 6.07) is 29.8. The molecule has 0 saturated heterocycles. The lowest BCUT2D eigenvalue weighted by Gasteiger charge is -2.17. The number of esters is 1. The average Bonchev–Trinajstić information content (AvgIpc) is 3.19. The quantitative estimate of drug-likeness (QED) is 0.0531. The first-order chi connectivity index (χ1) is 26.5. The number of carboxylic acid groups (broad SMARTS) is 1. The lowest BCUT2D eigenvalue weighted by Crippen LogP contribution is -2.48. The Morgan fingerprint density at radius 2 is 1.29 bits per heavy atom. The number of carbonyl (C=O) groups is 6. The number of aliphatic carboxylic acids is 1. The van der Waals surface area contributed by atoms with Gasteiger partial charge in [0.15, 0.2) is 6.61 Å². The molecule has 0 spiro atoms. The van der Waals surface area contributed by atoms with Crippen molar-refractivity contribution in [1.82, 2.24) is 16.0 Å². The highest BCUT2D eigenvalue weighted by Gasteiger charge is 2.23. The summed E-state index contributed by atoms with van der Waals surface area (Å²) in [7, 11) is 0. The van der Waals surface area contributed by atoms with E-state index in [0.717, 1.165) is 16.7 Å². The van der Waals surface area contributed by atoms with Crippen molar-refractivity contribution in [2.75, 3.05) is 19.7 Å². The van der Waals surface area contributed by atoms with Crippen LogP contribution in [0.3, 0.4) is 0 Å². The molecule has 0 radical (unpaired) electrons. The Kier molecular flexibility index (Phi) is 15.9. The number of amidine groups is 1. The summed E-state index contributed by atoms with van der Waals surface area (Å²) >= 11 is 0. The molecule has 0 saturated carbocycles. The second-order valence-corrected chi connectivity index (χ2v) is 12.0. The number of carbonyl (C=O) groups excluding carboxylic acids is 5. The minimum Gasteiger partial charge on any atom is -0.482 e. The van der Waals surface area contributed by atoms with Crippen LogP contribution in [0.2, 0.25) is 0 Å². The Morgan fingerprint density at radius 1 is 0.691 bits per heavy atom. The third-order valence-electron chi connectivity index (χ3n) is 7.76. The van der Waals surface area contributed by atoms with Crippen LogP contribution in [0.5, 0.6) is 5.75 Å². The second kappa shape index (κ2) is 21.5. The Bertz CT molecular complexity index is 1940. The van der Waals surface area contributed by atoms with Crippen molar-refractivity contribution in [1.29, 1.82) is 0 Å². The molecule has 0 aliphatic rings. The van der Waals surface area contributed by atoms with Gasteiger partial charge in [0.2, 0.25) is 11.8 Å². The third-order valence-corrected chi connectivity index (χ3v) is 7.76. The fourth-order valence-corrected chi connectivity index (χ4v) is 4.88. The second-order valence-electron chi connectivity index (χ2n) is 12.0. The Hall–Kier alpha value is -7.03. The number of ether oxygens (including phenoxy) is 3. The minimum atomic E-state index is -1.34. The minimum absolute atomic E-state index is 0.0363. The molecule has 15 heteroatoms. The van der Waals surface area contributed by atoms with Gasteiger partial charge in [0.25, 0.3) is 5.91 Å². The molecule has 4 aromatic rings. The van der Waals surface area contributed by atoms with Gasteiger partial charge in [-0.25, -0.2) is 9.59 Å². The first-order valence-corrected chi connectivity index (χ1v) is 17.2. The summed E-state index contributed by atoms with van der Waals surface area (Å²) in [6.45, 7) is -0.0216. The summed E-state index contributed by atoms with van der Waals surface area (Å²) in [5.74, 6) is -3.27. The van der Waals surface area contributed by atoms with Gasteiger partial charge in [0.05, 0.1) is 6.42 Å². The van der Waals surface area contributed by atoms with Crippen molar-refractivity contribution in [3.8, 4) is 5.75 Å². The number of hydrogen-bond donors (Lipinski definition) is 5. The summed E-state index contributed by atoms with van der Waals surface area (Å²) in [5.41, 5.74) is 9.03. The zero-order chi connectivity index (χ0) is 39.4. The van der Waals surface area contributed by atoms with E-state index in [0.29, 0.717) is 17.7 Å². The lowest BCUT2D eigenvalue weighted by molar-refractivity contribution is -0.147. The van der Waals surface area contributed by atoms with E-state index in [1.54, 1.807) is 36.4 Å². The molecule has 0 aromatic heterocycles. The van der Waals surface area contributed by atoms with Crippen molar-refractivity contribution in [3.63, 3.8) is 0 Å². The molecule has 0 aliphatic carbocycles. The molecule has 15 nitrogen and oxygen atoms in total. The molecule has 4 rings (SSSR count). The molecule has 55 heavy (non-hydrogen) atoms. The van der Waals surface area contributed by atoms with Crippen LogP contribution in [0.1, 0.15) is 45.5 Å². The van der Waals surface area contributed by atoms with Crippen LogP contribution in [0.15, 0.2) is 114 Å². The number of nitrogens with zero attached hydrogens (tertiary/aromatic N) is 1. The van der Waals surface area contributed by atoms with Crippen LogP contribution < -0.4 is 26.4 Å². The molecule has 1 atom stereocenters. The van der Waals surface area contributed by atoms with E-state index < -0.39 is 48.2 Å². The summed E-state index contributed by atoms with van der Waals surface area (Å²) in [6.07, 6.45) is -1.34. The molecule has 0 heterocycles. The number of amides is 4. The van der Waals surface area contributed by atoms with Gasteiger partial charge in [-0.05, 0) is 47.4 Å². The maximum Gasteiger partial charge on any atom is 0.435 e. The number of aliphatic imine (C=N–C) groups is 1. The van der Waals surface area contributed by atoms with Crippen LogP contribution in [0, 0.1) is 0 Å². The van der Waals surface area contributed by atoms with Crippen LogP contribution in [-0.2, 0) is 48.3 Å². The zero-order valence-corrected chi connectivity index (χ0v) is 29.8. The van der Waals surface area contributed by atoms with Gasteiger partial charge in [-0.3, -0.25) is 19.2 Å². The van der Waals surface area contributed by atoms with E-state index in [4.69, 9.17) is 19.9 Å². The maximum absolute atomic E-state index is 12.8. The molecular formula is C40H41N5O10. The molecule has 0 bridgehead atoms. The fraction of sp³-hybridized carbons (Fsp3) is 0.225. The lowest BCUT2D eigenvalue weighted by atomic mass is 10.1. The number of carboxylic acids is 1. The Labute approximate surface area is 316 Å². The summed E-state index contributed by atoms with van der Waals surface area (Å²) in [5, 5.41) is 16.9. The maximum atomic E-state index is 12.8. The average molecular weight is 752 g/mol. The zero-order valence-electron chi connectivity index (χ0n) is 29.8. The predicted octanol–water partition coefficient (Wildman–Crippen LogP) is 3.29. The van der Waals surface area contributed by atoms with Gasteiger partial charge in [-0.1, -0.05) is 84.9 Å². The summed E-state index contributed by atoms with van der Waals surface area (Å²) < 4.78 is 15.8. The molecule has 0 unspecified atom stereocenters. The van der Waals surface area contributed by atoms with Gasteiger partial charge in [-0.2, -0.15) is 4.99 Å². The van der Waals surface area contributed by atoms with Gasteiger partial charge < -0.3 is 41.0 Å². The number of hydrogen-bond acceptors (Lipinski definition) is 9. The normalized spacial score (nSPS) is 11.4. The van der Waals surface area contributed by atoms with Crippen LogP contribution in [0.25, 0.3) is 0 Å². The van der Waals surface area contributed by atoms with Crippen LogP contribution >= 0.6 is 0 Å². The van der Waals surface area contributed by atoms with Gasteiger partial charge in [0.1, 0.15) is 30.8 Å². The molecule has 4 amide bonds. The number of rotatable bonds is 19. The van der Waals surface area contributed by atoms with E-state index in [-0.39, 0.29) is 50.7 Å². The third kappa shape index (κ3) is 14.9. The first kappa shape index (κ1) is 40.7. The van der Waals surface area contributed by atoms with Crippen molar-refractivity contribution in [2.24, 2.45) is 10.7 Å². The van der Waals surface area contributed by atoms with Crippen LogP contribution in [0.4, 0.5) is 4.79 Å². The van der Waals surface area contributed by atoms with Gasteiger partial charge in [-0.15, -0.1) is 0 Å². The molecule has 0 aliphatic heterocycles. The van der Waals surface area contributed by atoms with E-state index in [9.17, 15) is 33.9 Å². The van der Waals surface area contributed by atoms with Crippen molar-refractivity contribution >= 4 is 41.6 Å². The predicted molar refractivity (Wildman–Crippen MR) is 200 cm³/mol. The molecular weight excluding hydrogens is 710 g/mol. The van der Waals surface area contributed by atoms with E-state index in [1.165, 1.54) is 24.3 Å². The highest BCUT2D eigenvalue weighted by molar-refractivity contribution is 6.03. The van der Waals surface area contributed by atoms with E-state index in [2.05, 4.69) is 20.9 Å². The molecule has 286 valence electrons. The fourth-order valence-electron chi connectivity index (χ4n) is 4.88. The molecule has 0 fully saturated rings. The van der Waals surface area contributed by atoms with E-state index in [1.807, 2.05) is 48.5 Å². The van der Waals surface area contributed by atoms with Crippen LogP contribution in [-0.4, -0.2) is 72.4 Å². The number of nitrogens with one attached hydrogen (secondary N) is 3. The number of benzene rings is 4. The van der Waals surface area contributed by atoms with E-state index >= 15 is 0 Å². The SMILES string of the molecule is NC(=NC(=O)OCc1ccccc1)c1ccc(C(=O)NCCC(=O)N[C@@H](CC(=O)O)C(=O)NCCc2ccc(OCC(=O)OCc3ccccc3)cc2)cc1. The van der Waals surface area contributed by atoms with Gasteiger partial charge >= 0.3 is 18.0 Å². The molecule has 6 N–H and O–H groups in total. The van der Waals surface area contributed by atoms with Gasteiger partial charge in [0, 0.05) is 30.6 Å². The largest absolute Gasteiger partial charge is 0.482 e. The smallest absolute Gasteiger partial charge is 0.435 e. The molecule has 4 aromatic carbocycles. The van der Waals surface area contributed by atoms with Crippen molar-refractivity contribution in [2.45, 2.75) is 38.5 Å². The highest BCUT2D eigenvalue weighted by Crippen LogP contribution is 2.13. The van der Waals surface area contributed by atoms with Crippen molar-refractivity contribution in [3.05, 3.63) is 137 Å². The van der Waals surface area contributed by atoms with Crippen molar-refractivity contribution < 1.29 is 48.1 Å². The highest BCUT2D eigenvalue weighted by atomic mass is 16.6. The summed E-state index contributed by atoms with van der Waals surface area (Å²) in [4.78, 5) is 77.1. The topological polar surface area (TPSA) is 225 Å². The standard InChI is InChI=1S/C40H41N5O10/c41-37(45-40(52)55-25-29-9-5-2-6-10-29)30-13-15-31(16-14-30)38(50)42-22-20-34(46)44-33(23-35(47)48)39(51)43-21-19-27-11-17-32(18-12-27)53-26-36(49)54-24-28-7-3-1-4-8-28/h1-18,33H,19-26H2,(H,42,50)(H,43,51)(H,44,46)(H,47,48)(H2,41,45,52)/t33-/m0/s1. The number of nitrogens with two attached hydrogens (primary N) is 1. The Morgan fingerprint density at radius 3 is 1.91 bits per heavy atom. The first-order valence-electron chi connectivity index (χ1n) is 17.2.